The van der Waals surface area contributed by atoms with Crippen LogP contribution in [0, 0.1) is 0 Å². The molecule has 0 aliphatic heterocycles. The number of aromatic nitrogens is 2. The van der Waals surface area contributed by atoms with Gasteiger partial charge in [-0.1, -0.05) is 59.0 Å². The molecule has 0 saturated carbocycles. The number of amides is 1. The molecule has 32 heavy (non-hydrogen) atoms. The van der Waals surface area contributed by atoms with E-state index in [-0.39, 0.29) is 22.0 Å². The van der Waals surface area contributed by atoms with E-state index in [4.69, 9.17) is 17.3 Å². The van der Waals surface area contributed by atoms with Crippen molar-refractivity contribution in [2.24, 2.45) is 10.7 Å². The van der Waals surface area contributed by atoms with E-state index in [2.05, 4.69) is 20.5 Å². The van der Waals surface area contributed by atoms with Crippen LogP contribution in [0.5, 0.6) is 0 Å². The lowest BCUT2D eigenvalue weighted by Crippen LogP contribution is -2.21. The van der Waals surface area contributed by atoms with Gasteiger partial charge in [0.2, 0.25) is 5.13 Å². The number of para-hydroxylation sites is 1. The number of nitrogens with one attached hydrogen (secondary N) is 1. The lowest BCUT2D eigenvalue weighted by atomic mass is 10.1. The summed E-state index contributed by atoms with van der Waals surface area (Å²) in [5.74, 6) is -0.435. The smallest absolute Gasteiger partial charge is 0.395 e. The van der Waals surface area contributed by atoms with E-state index in [9.17, 15) is 18.0 Å². The van der Waals surface area contributed by atoms with Crippen LogP contribution in [0.2, 0.25) is 5.02 Å². The SMILES string of the molecule is CSc1nnc(NC(=O)c2ccc(C(/C=C(\N)C(F)(F)F)=Nc3ccccc3Cl)cc2)s1. The van der Waals surface area contributed by atoms with Crippen LogP contribution in [0.15, 0.2) is 69.6 Å². The number of allylic oxidation sites excluding steroid dienone is 2. The predicted molar refractivity (Wildman–Crippen MR) is 122 cm³/mol. The summed E-state index contributed by atoms with van der Waals surface area (Å²) in [6.07, 6.45) is -2.16. The molecule has 3 N–H and O–H groups in total. The molecule has 1 amide bonds. The van der Waals surface area contributed by atoms with Gasteiger partial charge in [-0.3, -0.25) is 10.1 Å². The molecular weight excluding hydrogens is 483 g/mol. The third-order valence-electron chi connectivity index (χ3n) is 3.96. The predicted octanol–water partition coefficient (Wildman–Crippen LogP) is 5.69. The molecule has 166 valence electrons. The zero-order valence-electron chi connectivity index (χ0n) is 16.4. The second-order valence-corrected chi connectivity index (χ2v) is 8.59. The van der Waals surface area contributed by atoms with Crippen molar-refractivity contribution in [1.29, 1.82) is 0 Å². The Morgan fingerprint density at radius 1 is 1.16 bits per heavy atom. The van der Waals surface area contributed by atoms with Crippen LogP contribution in [0.1, 0.15) is 15.9 Å². The van der Waals surface area contributed by atoms with Gasteiger partial charge in [-0.05, 0) is 36.6 Å². The molecule has 1 heterocycles. The lowest BCUT2D eigenvalue weighted by molar-refractivity contribution is -0.0925. The van der Waals surface area contributed by atoms with Crippen LogP contribution >= 0.6 is 34.7 Å². The van der Waals surface area contributed by atoms with E-state index in [0.717, 1.165) is 6.08 Å². The highest BCUT2D eigenvalue weighted by molar-refractivity contribution is 8.00. The van der Waals surface area contributed by atoms with Gasteiger partial charge in [-0.25, -0.2) is 4.99 Å². The van der Waals surface area contributed by atoms with Gasteiger partial charge in [0.15, 0.2) is 4.34 Å². The Kier molecular flexibility index (Phi) is 7.54. The summed E-state index contributed by atoms with van der Waals surface area (Å²) in [7, 11) is 0. The molecule has 2 aromatic carbocycles. The molecule has 3 rings (SSSR count). The number of hydrogen-bond donors (Lipinski definition) is 2. The second kappa shape index (κ2) is 10.2. The Balaban J connectivity index is 1.91. The number of alkyl halides is 3. The van der Waals surface area contributed by atoms with E-state index in [0.29, 0.717) is 15.0 Å². The zero-order chi connectivity index (χ0) is 23.3. The highest BCUT2D eigenvalue weighted by Crippen LogP contribution is 2.27. The summed E-state index contributed by atoms with van der Waals surface area (Å²) in [6, 6.07) is 12.3. The highest BCUT2D eigenvalue weighted by Gasteiger charge is 2.31. The molecule has 0 aliphatic rings. The number of carbonyl (C=O) groups excluding carboxylic acids is 1. The largest absolute Gasteiger partial charge is 0.430 e. The third kappa shape index (κ3) is 6.09. The Bertz CT molecular complexity index is 1180. The molecule has 0 bridgehead atoms. The molecule has 0 aliphatic carbocycles. The van der Waals surface area contributed by atoms with E-state index >= 15 is 0 Å². The van der Waals surface area contributed by atoms with Crippen molar-refractivity contribution in [3.63, 3.8) is 0 Å². The topological polar surface area (TPSA) is 93.3 Å². The number of hydrogen-bond acceptors (Lipinski definition) is 7. The van der Waals surface area contributed by atoms with Gasteiger partial charge in [-0.15, -0.1) is 10.2 Å². The standard InChI is InChI=1S/C20H15ClF3N5OS2/c1-31-19-29-28-18(32-19)27-17(30)12-8-6-11(7-9-12)15(10-16(25)20(22,23)24)26-14-5-3-2-4-13(14)21/h2-10H,25H2,1H3,(H,27,28,30)/b16-10-,26-15?. The van der Waals surface area contributed by atoms with Crippen LogP contribution in [0.4, 0.5) is 24.0 Å². The molecule has 0 atom stereocenters. The minimum Gasteiger partial charge on any atom is -0.395 e. The molecule has 6 nitrogen and oxygen atoms in total. The number of halogens is 4. The van der Waals surface area contributed by atoms with Crippen molar-refractivity contribution in [3.05, 3.63) is 76.5 Å². The van der Waals surface area contributed by atoms with Gasteiger partial charge < -0.3 is 5.73 Å². The van der Waals surface area contributed by atoms with Crippen molar-refractivity contribution < 1.29 is 18.0 Å². The van der Waals surface area contributed by atoms with Crippen molar-refractivity contribution in [2.45, 2.75) is 10.5 Å². The summed E-state index contributed by atoms with van der Waals surface area (Å²) in [5.41, 5.74) is 4.70. The number of carbonyl (C=O) groups is 1. The fourth-order valence-corrected chi connectivity index (χ4v) is 3.73. The van der Waals surface area contributed by atoms with Crippen LogP contribution < -0.4 is 11.1 Å². The van der Waals surface area contributed by atoms with E-state index in [1.165, 1.54) is 47.4 Å². The Morgan fingerprint density at radius 3 is 2.41 bits per heavy atom. The van der Waals surface area contributed by atoms with Gasteiger partial charge >= 0.3 is 6.18 Å². The van der Waals surface area contributed by atoms with Gasteiger partial charge in [0, 0.05) is 11.1 Å². The number of benzene rings is 2. The van der Waals surface area contributed by atoms with Crippen molar-refractivity contribution in [3.8, 4) is 0 Å². The lowest BCUT2D eigenvalue weighted by Gasteiger charge is -2.09. The van der Waals surface area contributed by atoms with Crippen LogP contribution in [0.25, 0.3) is 0 Å². The van der Waals surface area contributed by atoms with Gasteiger partial charge in [0.05, 0.1) is 16.4 Å². The number of rotatable bonds is 6. The number of aliphatic imine (C=N–C) groups is 1. The first-order chi connectivity index (χ1) is 15.2. The average molecular weight is 498 g/mol. The number of thioether (sulfide) groups is 1. The molecular formula is C20H15ClF3N5OS2. The zero-order valence-corrected chi connectivity index (χ0v) is 18.7. The minimum absolute atomic E-state index is 0.0615. The van der Waals surface area contributed by atoms with Crippen LogP contribution in [0.3, 0.4) is 0 Å². The van der Waals surface area contributed by atoms with Crippen molar-refractivity contribution in [1.82, 2.24) is 10.2 Å². The van der Waals surface area contributed by atoms with Crippen LogP contribution in [-0.2, 0) is 0 Å². The molecule has 1 aromatic heterocycles. The average Bonchev–Trinajstić information content (AvgIpc) is 3.21. The number of anilines is 1. The van der Waals surface area contributed by atoms with E-state index < -0.39 is 17.8 Å². The molecule has 0 unspecified atom stereocenters. The Hall–Kier alpha value is -2.89. The maximum atomic E-state index is 13.0. The molecule has 0 fully saturated rings. The Labute approximate surface area is 194 Å². The van der Waals surface area contributed by atoms with Gasteiger partial charge in [-0.2, -0.15) is 13.2 Å². The maximum Gasteiger partial charge on any atom is 0.430 e. The fraction of sp³-hybridized carbons (Fsp3) is 0.100. The molecule has 12 heteroatoms. The molecule has 0 spiro atoms. The molecule has 3 aromatic rings. The van der Waals surface area contributed by atoms with Crippen LogP contribution in [-0.4, -0.2) is 34.2 Å². The van der Waals surface area contributed by atoms with Gasteiger partial charge in [0.25, 0.3) is 5.91 Å². The summed E-state index contributed by atoms with van der Waals surface area (Å²) < 4.78 is 39.7. The monoisotopic (exact) mass is 497 g/mol. The van der Waals surface area contributed by atoms with E-state index in [1.807, 2.05) is 6.26 Å². The summed E-state index contributed by atoms with van der Waals surface area (Å²) in [4.78, 5) is 16.7. The normalized spacial score (nSPS) is 12.7. The first-order valence-electron chi connectivity index (χ1n) is 8.84. The number of nitrogens with two attached hydrogens (primary N) is 1. The third-order valence-corrected chi connectivity index (χ3v) is 6.09. The van der Waals surface area contributed by atoms with E-state index in [1.54, 1.807) is 24.3 Å². The van der Waals surface area contributed by atoms with Crippen molar-refractivity contribution in [2.75, 3.05) is 11.6 Å². The fourth-order valence-electron chi connectivity index (χ4n) is 2.39. The quantitative estimate of drug-likeness (QED) is 0.259. The minimum atomic E-state index is -4.72. The summed E-state index contributed by atoms with van der Waals surface area (Å²) >= 11 is 8.72. The molecule has 0 radical (unpaired) electrons. The Morgan fingerprint density at radius 2 is 1.81 bits per heavy atom. The summed E-state index contributed by atoms with van der Waals surface area (Å²) in [5, 5.41) is 11.0. The first kappa shape index (κ1) is 23.8. The first-order valence-corrected chi connectivity index (χ1v) is 11.3. The van der Waals surface area contributed by atoms with Crippen molar-refractivity contribution >= 4 is 57.1 Å². The molecule has 0 saturated heterocycles. The maximum absolute atomic E-state index is 13.0. The highest BCUT2D eigenvalue weighted by atomic mass is 35.5. The summed E-state index contributed by atoms with van der Waals surface area (Å²) in [6.45, 7) is 0. The number of nitrogens with zero attached hydrogens (tertiary/aromatic N) is 3. The second-order valence-electron chi connectivity index (χ2n) is 6.15. The van der Waals surface area contributed by atoms with Gasteiger partial charge in [0.1, 0.15) is 5.70 Å².